The zero-order chi connectivity index (χ0) is 15.6. The average molecular weight is 312 g/mol. The molecule has 7 heteroatoms. The van der Waals surface area contributed by atoms with Crippen molar-refractivity contribution in [1.82, 2.24) is 9.80 Å². The Balaban J connectivity index is 2.25. The van der Waals surface area contributed by atoms with Crippen LogP contribution in [0.25, 0.3) is 0 Å². The molecule has 1 amide bonds. The molecule has 1 fully saturated rings. The number of piperazine rings is 1. The molecular formula is C14H18ClN3O3. The van der Waals surface area contributed by atoms with E-state index in [0.717, 1.165) is 13.1 Å². The molecule has 0 N–H and O–H groups in total. The summed E-state index contributed by atoms with van der Waals surface area (Å²) in [5, 5.41) is 11.4. The van der Waals surface area contributed by atoms with Crippen LogP contribution in [0.4, 0.5) is 5.69 Å². The van der Waals surface area contributed by atoms with Gasteiger partial charge < -0.3 is 4.90 Å². The van der Waals surface area contributed by atoms with Gasteiger partial charge in [-0.3, -0.25) is 19.8 Å². The van der Waals surface area contributed by atoms with Crippen molar-refractivity contribution in [1.29, 1.82) is 0 Å². The standard InChI is InChI=1S/C14H18ClN3O3/c1-3-16-6-7-17(9-10(16)2)14(19)12-8-11(15)4-5-13(12)18(20)21/h4-5,8,10H,3,6-7,9H2,1-2H3. The number of halogens is 1. The summed E-state index contributed by atoms with van der Waals surface area (Å²) in [6.07, 6.45) is 0. The van der Waals surface area contributed by atoms with Crippen LogP contribution in [0.2, 0.25) is 5.02 Å². The monoisotopic (exact) mass is 311 g/mol. The van der Waals surface area contributed by atoms with E-state index in [1.807, 2.05) is 0 Å². The van der Waals surface area contributed by atoms with Crippen LogP contribution < -0.4 is 0 Å². The summed E-state index contributed by atoms with van der Waals surface area (Å²) < 4.78 is 0. The molecular weight excluding hydrogens is 294 g/mol. The minimum atomic E-state index is -0.546. The molecule has 0 aromatic heterocycles. The number of rotatable bonds is 3. The molecule has 0 radical (unpaired) electrons. The van der Waals surface area contributed by atoms with Gasteiger partial charge in [-0.05, 0) is 25.6 Å². The van der Waals surface area contributed by atoms with E-state index in [1.165, 1.54) is 18.2 Å². The molecule has 0 spiro atoms. The zero-order valence-corrected chi connectivity index (χ0v) is 12.8. The molecule has 1 aromatic rings. The first-order chi connectivity index (χ1) is 9.93. The predicted octanol–water partition coefficient (Wildman–Crippen LogP) is 2.41. The van der Waals surface area contributed by atoms with Gasteiger partial charge in [0.2, 0.25) is 0 Å². The van der Waals surface area contributed by atoms with Gasteiger partial charge in [0.05, 0.1) is 4.92 Å². The fourth-order valence-corrected chi connectivity index (χ4v) is 2.83. The maximum atomic E-state index is 12.6. The molecule has 1 saturated heterocycles. The van der Waals surface area contributed by atoms with Crippen molar-refractivity contribution < 1.29 is 9.72 Å². The Labute approximate surface area is 128 Å². The fraction of sp³-hybridized carbons (Fsp3) is 0.500. The van der Waals surface area contributed by atoms with Crippen LogP contribution in [0.15, 0.2) is 18.2 Å². The smallest absolute Gasteiger partial charge is 0.282 e. The Hall–Kier alpha value is -1.66. The Bertz CT molecular complexity index is 564. The number of nitro benzene ring substituents is 1. The van der Waals surface area contributed by atoms with Crippen molar-refractivity contribution >= 4 is 23.2 Å². The molecule has 114 valence electrons. The SMILES string of the molecule is CCN1CCN(C(=O)c2cc(Cl)ccc2[N+](=O)[O-])CC1C. The van der Waals surface area contributed by atoms with Crippen molar-refractivity contribution in [2.24, 2.45) is 0 Å². The largest absolute Gasteiger partial charge is 0.336 e. The van der Waals surface area contributed by atoms with Crippen LogP contribution in [0, 0.1) is 10.1 Å². The van der Waals surface area contributed by atoms with Gasteiger partial charge in [0.1, 0.15) is 5.56 Å². The lowest BCUT2D eigenvalue weighted by Gasteiger charge is -2.39. The first-order valence-electron chi connectivity index (χ1n) is 6.91. The van der Waals surface area contributed by atoms with Crippen molar-refractivity contribution in [3.05, 3.63) is 38.9 Å². The van der Waals surface area contributed by atoms with E-state index in [2.05, 4.69) is 18.7 Å². The summed E-state index contributed by atoms with van der Waals surface area (Å²) in [7, 11) is 0. The topological polar surface area (TPSA) is 66.7 Å². The number of benzene rings is 1. The first-order valence-corrected chi connectivity index (χ1v) is 7.29. The maximum Gasteiger partial charge on any atom is 0.282 e. The van der Waals surface area contributed by atoms with Gasteiger partial charge >= 0.3 is 0 Å². The van der Waals surface area contributed by atoms with E-state index >= 15 is 0 Å². The Morgan fingerprint density at radius 3 is 2.76 bits per heavy atom. The summed E-state index contributed by atoms with van der Waals surface area (Å²) in [6, 6.07) is 4.32. The second-order valence-electron chi connectivity index (χ2n) is 5.15. The van der Waals surface area contributed by atoms with Crippen molar-refractivity contribution in [3.63, 3.8) is 0 Å². The number of likely N-dealkylation sites (N-methyl/N-ethyl adjacent to an activating group) is 1. The summed E-state index contributed by atoms with van der Waals surface area (Å²) in [4.78, 5) is 27.0. The second kappa shape index (κ2) is 6.41. The molecule has 0 aliphatic carbocycles. The number of hydrogen-bond acceptors (Lipinski definition) is 4. The van der Waals surface area contributed by atoms with Gasteiger partial charge in [0.15, 0.2) is 0 Å². The molecule has 1 aliphatic heterocycles. The Morgan fingerprint density at radius 2 is 2.19 bits per heavy atom. The molecule has 1 atom stereocenters. The molecule has 1 heterocycles. The third-order valence-electron chi connectivity index (χ3n) is 3.84. The van der Waals surface area contributed by atoms with Crippen LogP contribution in [-0.2, 0) is 0 Å². The van der Waals surface area contributed by atoms with E-state index in [1.54, 1.807) is 4.90 Å². The number of hydrogen-bond donors (Lipinski definition) is 0. The number of nitrogens with zero attached hydrogens (tertiary/aromatic N) is 3. The zero-order valence-electron chi connectivity index (χ0n) is 12.1. The number of carbonyl (C=O) groups is 1. The second-order valence-corrected chi connectivity index (χ2v) is 5.58. The molecule has 6 nitrogen and oxygen atoms in total. The molecule has 1 aliphatic rings. The van der Waals surface area contributed by atoms with Gasteiger partial charge in [-0.1, -0.05) is 18.5 Å². The fourth-order valence-electron chi connectivity index (χ4n) is 2.66. The van der Waals surface area contributed by atoms with Crippen LogP contribution in [-0.4, -0.2) is 52.9 Å². The van der Waals surface area contributed by atoms with Crippen LogP contribution in [0.3, 0.4) is 0 Å². The summed E-state index contributed by atoms with van der Waals surface area (Å²) >= 11 is 5.88. The van der Waals surface area contributed by atoms with E-state index in [9.17, 15) is 14.9 Å². The molecule has 2 rings (SSSR count). The number of carbonyl (C=O) groups excluding carboxylic acids is 1. The highest BCUT2D eigenvalue weighted by Crippen LogP contribution is 2.25. The van der Waals surface area contributed by atoms with Gasteiger partial charge in [-0.15, -0.1) is 0 Å². The normalized spacial score (nSPS) is 19.6. The lowest BCUT2D eigenvalue weighted by Crippen LogP contribution is -2.53. The predicted molar refractivity (Wildman–Crippen MR) is 80.7 cm³/mol. The minimum Gasteiger partial charge on any atom is -0.336 e. The first kappa shape index (κ1) is 15.7. The van der Waals surface area contributed by atoms with Gasteiger partial charge in [0.25, 0.3) is 11.6 Å². The summed E-state index contributed by atoms with van der Waals surface area (Å²) in [6.45, 7) is 6.97. The van der Waals surface area contributed by atoms with E-state index < -0.39 is 4.92 Å². The lowest BCUT2D eigenvalue weighted by atomic mass is 10.1. The summed E-state index contributed by atoms with van der Waals surface area (Å²) in [5.41, 5.74) is -0.139. The van der Waals surface area contributed by atoms with Crippen molar-refractivity contribution in [3.8, 4) is 0 Å². The molecule has 1 unspecified atom stereocenters. The third kappa shape index (κ3) is 3.33. The Kier molecular flexibility index (Phi) is 4.80. The summed E-state index contributed by atoms with van der Waals surface area (Å²) in [5.74, 6) is -0.327. The molecule has 1 aromatic carbocycles. The molecule has 0 saturated carbocycles. The quantitative estimate of drug-likeness (QED) is 0.635. The highest BCUT2D eigenvalue weighted by atomic mass is 35.5. The average Bonchev–Trinajstić information content (AvgIpc) is 2.45. The lowest BCUT2D eigenvalue weighted by molar-refractivity contribution is -0.385. The van der Waals surface area contributed by atoms with Crippen molar-refractivity contribution in [2.45, 2.75) is 19.9 Å². The van der Waals surface area contributed by atoms with E-state index in [-0.39, 0.29) is 23.2 Å². The van der Waals surface area contributed by atoms with Crippen LogP contribution in [0.5, 0.6) is 0 Å². The number of nitro groups is 1. The van der Waals surface area contributed by atoms with Gasteiger partial charge in [-0.2, -0.15) is 0 Å². The minimum absolute atomic E-state index is 0.0599. The molecule has 21 heavy (non-hydrogen) atoms. The van der Waals surface area contributed by atoms with Crippen molar-refractivity contribution in [2.75, 3.05) is 26.2 Å². The highest BCUT2D eigenvalue weighted by molar-refractivity contribution is 6.31. The highest BCUT2D eigenvalue weighted by Gasteiger charge is 2.30. The van der Waals surface area contributed by atoms with Gasteiger partial charge in [-0.25, -0.2) is 0 Å². The third-order valence-corrected chi connectivity index (χ3v) is 4.08. The number of amides is 1. The van der Waals surface area contributed by atoms with Gasteiger partial charge in [0, 0.05) is 36.8 Å². The van der Waals surface area contributed by atoms with Crippen LogP contribution in [0.1, 0.15) is 24.2 Å². The Morgan fingerprint density at radius 1 is 1.48 bits per heavy atom. The van der Waals surface area contributed by atoms with E-state index in [4.69, 9.17) is 11.6 Å². The van der Waals surface area contributed by atoms with Crippen LogP contribution >= 0.6 is 11.6 Å². The van der Waals surface area contributed by atoms with E-state index in [0.29, 0.717) is 18.1 Å². The molecule has 0 bridgehead atoms. The maximum absolute atomic E-state index is 12.6.